The standard InChI is InChI=1S/C30H18O6/c31-27(23-5-1-3-7-25(23)29(33)34)21-15-11-19(12-16-21)9-10-20-13-17-22(18-14-20)28(32)24-6-2-4-8-26(24)30(35)36/h1-8,11-18H,(H,33,34)(H,35,36). The minimum absolute atomic E-state index is 0.0558. The zero-order valence-electron chi connectivity index (χ0n) is 18.8. The summed E-state index contributed by atoms with van der Waals surface area (Å²) >= 11 is 0. The van der Waals surface area contributed by atoms with Gasteiger partial charge in [0.25, 0.3) is 0 Å². The fourth-order valence-corrected chi connectivity index (χ4v) is 3.60. The average molecular weight is 474 g/mol. The molecular formula is C30H18O6. The SMILES string of the molecule is O=C(O)c1ccccc1C(=O)c1ccc(C#Cc2ccc(C(=O)c3ccccc3C(=O)O)cc2)cc1. The van der Waals surface area contributed by atoms with Crippen molar-refractivity contribution in [2.45, 2.75) is 0 Å². The predicted molar refractivity (Wildman–Crippen MR) is 133 cm³/mol. The van der Waals surface area contributed by atoms with Crippen LogP contribution in [0.1, 0.15) is 63.7 Å². The fourth-order valence-electron chi connectivity index (χ4n) is 3.60. The van der Waals surface area contributed by atoms with Crippen LogP contribution < -0.4 is 0 Å². The maximum atomic E-state index is 12.8. The van der Waals surface area contributed by atoms with Crippen LogP contribution in [-0.2, 0) is 0 Å². The molecule has 36 heavy (non-hydrogen) atoms. The van der Waals surface area contributed by atoms with Gasteiger partial charge in [-0.2, -0.15) is 0 Å². The molecule has 0 aliphatic rings. The van der Waals surface area contributed by atoms with Gasteiger partial charge in [-0.15, -0.1) is 0 Å². The van der Waals surface area contributed by atoms with Crippen molar-refractivity contribution in [3.63, 3.8) is 0 Å². The molecule has 2 N–H and O–H groups in total. The van der Waals surface area contributed by atoms with E-state index < -0.39 is 23.5 Å². The molecule has 0 saturated carbocycles. The Bertz CT molecular complexity index is 1430. The molecule has 0 bridgehead atoms. The normalized spacial score (nSPS) is 10.1. The molecule has 174 valence electrons. The third-order valence-corrected chi connectivity index (χ3v) is 5.45. The van der Waals surface area contributed by atoms with Crippen molar-refractivity contribution in [2.75, 3.05) is 0 Å². The second-order valence-corrected chi connectivity index (χ2v) is 7.76. The van der Waals surface area contributed by atoms with Crippen LogP contribution in [0, 0.1) is 11.8 Å². The summed E-state index contributed by atoms with van der Waals surface area (Å²) in [4.78, 5) is 48.3. The number of ketones is 2. The maximum Gasteiger partial charge on any atom is 0.336 e. The molecule has 0 fully saturated rings. The van der Waals surface area contributed by atoms with E-state index in [1.807, 2.05) is 0 Å². The van der Waals surface area contributed by atoms with E-state index in [4.69, 9.17) is 0 Å². The van der Waals surface area contributed by atoms with Crippen molar-refractivity contribution in [3.8, 4) is 11.8 Å². The van der Waals surface area contributed by atoms with Gasteiger partial charge in [-0.05, 0) is 60.7 Å². The molecule has 6 nitrogen and oxygen atoms in total. The van der Waals surface area contributed by atoms with Crippen molar-refractivity contribution < 1.29 is 29.4 Å². The molecule has 0 atom stereocenters. The molecule has 0 saturated heterocycles. The number of carbonyl (C=O) groups excluding carboxylic acids is 2. The summed E-state index contributed by atoms with van der Waals surface area (Å²) in [6.07, 6.45) is 0. The van der Waals surface area contributed by atoms with E-state index in [0.29, 0.717) is 22.3 Å². The number of carboxylic acid groups (broad SMARTS) is 2. The zero-order chi connectivity index (χ0) is 25.7. The van der Waals surface area contributed by atoms with Crippen molar-refractivity contribution >= 4 is 23.5 Å². The molecule has 0 aliphatic carbocycles. The minimum Gasteiger partial charge on any atom is -0.478 e. The molecule has 6 heteroatoms. The Morgan fingerprint density at radius 1 is 0.444 bits per heavy atom. The lowest BCUT2D eigenvalue weighted by atomic mass is 9.97. The Morgan fingerprint density at radius 3 is 1.06 bits per heavy atom. The number of hydrogen-bond acceptors (Lipinski definition) is 4. The monoisotopic (exact) mass is 474 g/mol. The van der Waals surface area contributed by atoms with E-state index in [1.54, 1.807) is 72.8 Å². The summed E-state index contributed by atoms with van der Waals surface area (Å²) in [5.41, 5.74) is 2.10. The number of benzene rings is 4. The van der Waals surface area contributed by atoms with E-state index in [-0.39, 0.29) is 22.3 Å². The third kappa shape index (κ3) is 5.11. The largest absolute Gasteiger partial charge is 0.478 e. The first-order valence-corrected chi connectivity index (χ1v) is 10.8. The van der Waals surface area contributed by atoms with Crippen LogP contribution in [0.2, 0.25) is 0 Å². The Hall–Kier alpha value is -5.28. The van der Waals surface area contributed by atoms with Gasteiger partial charge in [-0.1, -0.05) is 48.2 Å². The summed E-state index contributed by atoms with van der Waals surface area (Å²) in [5.74, 6) is 2.85. The van der Waals surface area contributed by atoms with Gasteiger partial charge in [0.1, 0.15) is 0 Å². The van der Waals surface area contributed by atoms with Crippen molar-refractivity contribution in [1.82, 2.24) is 0 Å². The van der Waals surface area contributed by atoms with E-state index in [1.165, 1.54) is 24.3 Å². The Balaban J connectivity index is 1.50. The zero-order valence-corrected chi connectivity index (χ0v) is 18.8. The van der Waals surface area contributed by atoms with Crippen molar-refractivity contribution in [1.29, 1.82) is 0 Å². The van der Waals surface area contributed by atoms with Crippen LogP contribution in [0.4, 0.5) is 0 Å². The number of aromatic carboxylic acids is 2. The molecular weight excluding hydrogens is 456 g/mol. The molecule has 4 aromatic carbocycles. The molecule has 0 unspecified atom stereocenters. The Kier molecular flexibility index (Phi) is 6.85. The Morgan fingerprint density at radius 2 is 0.750 bits per heavy atom. The van der Waals surface area contributed by atoms with Gasteiger partial charge in [0.05, 0.1) is 11.1 Å². The van der Waals surface area contributed by atoms with E-state index in [9.17, 15) is 29.4 Å². The molecule has 0 radical (unpaired) electrons. The van der Waals surface area contributed by atoms with Gasteiger partial charge in [-0.3, -0.25) is 9.59 Å². The van der Waals surface area contributed by atoms with Gasteiger partial charge < -0.3 is 10.2 Å². The topological polar surface area (TPSA) is 109 Å². The summed E-state index contributed by atoms with van der Waals surface area (Å²) in [6, 6.07) is 25.1. The van der Waals surface area contributed by atoms with Crippen molar-refractivity contribution in [2.24, 2.45) is 0 Å². The van der Waals surface area contributed by atoms with Crippen LogP contribution in [0.15, 0.2) is 97.1 Å². The van der Waals surface area contributed by atoms with Crippen LogP contribution in [0.3, 0.4) is 0 Å². The molecule has 4 aromatic rings. The maximum absolute atomic E-state index is 12.8. The van der Waals surface area contributed by atoms with E-state index in [0.717, 1.165) is 0 Å². The number of carbonyl (C=O) groups is 4. The lowest BCUT2D eigenvalue weighted by Gasteiger charge is -2.05. The van der Waals surface area contributed by atoms with E-state index >= 15 is 0 Å². The fraction of sp³-hybridized carbons (Fsp3) is 0. The first-order valence-electron chi connectivity index (χ1n) is 10.8. The van der Waals surface area contributed by atoms with Crippen LogP contribution in [-0.4, -0.2) is 33.7 Å². The smallest absolute Gasteiger partial charge is 0.336 e. The van der Waals surface area contributed by atoms with Gasteiger partial charge in [0.2, 0.25) is 0 Å². The first kappa shape index (κ1) is 23.9. The summed E-state index contributed by atoms with van der Waals surface area (Å²) in [6.45, 7) is 0. The second-order valence-electron chi connectivity index (χ2n) is 7.76. The molecule has 0 heterocycles. The highest BCUT2D eigenvalue weighted by atomic mass is 16.4. The minimum atomic E-state index is -1.17. The van der Waals surface area contributed by atoms with E-state index in [2.05, 4.69) is 11.8 Å². The summed E-state index contributed by atoms with van der Waals surface area (Å²) in [7, 11) is 0. The molecule has 0 aromatic heterocycles. The highest BCUT2D eigenvalue weighted by Gasteiger charge is 2.18. The predicted octanol–water partition coefficient (Wildman–Crippen LogP) is 4.94. The summed E-state index contributed by atoms with van der Waals surface area (Å²) < 4.78 is 0. The van der Waals surface area contributed by atoms with Crippen molar-refractivity contribution in [3.05, 3.63) is 142 Å². The third-order valence-electron chi connectivity index (χ3n) is 5.45. The highest BCUT2D eigenvalue weighted by Crippen LogP contribution is 2.17. The number of hydrogen-bond donors (Lipinski definition) is 2. The molecule has 4 rings (SSSR count). The molecule has 0 aliphatic heterocycles. The number of carboxylic acids is 2. The van der Waals surface area contributed by atoms with Crippen LogP contribution >= 0.6 is 0 Å². The highest BCUT2D eigenvalue weighted by molar-refractivity contribution is 6.15. The van der Waals surface area contributed by atoms with Gasteiger partial charge in [0, 0.05) is 33.4 Å². The second kappa shape index (κ2) is 10.3. The van der Waals surface area contributed by atoms with Crippen LogP contribution in [0.25, 0.3) is 0 Å². The Labute approximate surface area is 206 Å². The first-order chi connectivity index (χ1) is 17.3. The quantitative estimate of drug-likeness (QED) is 0.303. The van der Waals surface area contributed by atoms with Gasteiger partial charge >= 0.3 is 11.9 Å². The molecule has 0 amide bonds. The van der Waals surface area contributed by atoms with Gasteiger partial charge in [0.15, 0.2) is 11.6 Å². The molecule has 0 spiro atoms. The average Bonchev–Trinajstić information content (AvgIpc) is 2.91. The summed E-state index contributed by atoms with van der Waals surface area (Å²) in [5, 5.41) is 18.6. The number of rotatable bonds is 6. The van der Waals surface area contributed by atoms with Crippen LogP contribution in [0.5, 0.6) is 0 Å². The van der Waals surface area contributed by atoms with Gasteiger partial charge in [-0.25, -0.2) is 9.59 Å². The lowest BCUT2D eigenvalue weighted by molar-refractivity contribution is 0.0683. The lowest BCUT2D eigenvalue weighted by Crippen LogP contribution is -2.09.